The van der Waals surface area contributed by atoms with Gasteiger partial charge in [-0.3, -0.25) is 0 Å². The van der Waals surface area contributed by atoms with Crippen molar-refractivity contribution in [3.05, 3.63) is 54.4 Å². The van der Waals surface area contributed by atoms with Gasteiger partial charge in [-0.2, -0.15) is 18.3 Å². The summed E-state index contributed by atoms with van der Waals surface area (Å²) in [6.45, 7) is 0. The molecule has 7 heteroatoms. The van der Waals surface area contributed by atoms with Crippen molar-refractivity contribution in [3.63, 3.8) is 0 Å². The van der Waals surface area contributed by atoms with Gasteiger partial charge in [-0.1, -0.05) is 6.07 Å². The number of fused-ring (bicyclic) bond motifs is 2. The van der Waals surface area contributed by atoms with Gasteiger partial charge in [0.05, 0.1) is 33.9 Å². The first kappa shape index (κ1) is 12.9. The van der Waals surface area contributed by atoms with Crippen molar-refractivity contribution in [1.29, 1.82) is 0 Å². The number of hydrogen-bond acceptors (Lipinski definition) is 2. The Morgan fingerprint density at radius 2 is 1.95 bits per heavy atom. The van der Waals surface area contributed by atoms with Gasteiger partial charge in [-0.15, -0.1) is 0 Å². The Labute approximate surface area is 122 Å². The molecule has 0 radical (unpaired) electrons. The summed E-state index contributed by atoms with van der Waals surface area (Å²) in [5.41, 5.74) is 1.71. The molecule has 3 heterocycles. The van der Waals surface area contributed by atoms with E-state index in [-0.39, 0.29) is 0 Å². The zero-order chi connectivity index (χ0) is 15.3. The van der Waals surface area contributed by atoms with Crippen LogP contribution < -0.4 is 0 Å². The predicted octanol–water partition coefficient (Wildman–Crippen LogP) is 3.90. The topological polar surface area (TPSA) is 46.0 Å². The maximum Gasteiger partial charge on any atom is 0.416 e. The molecule has 0 atom stereocenters. The Kier molecular flexibility index (Phi) is 2.53. The van der Waals surface area contributed by atoms with E-state index in [1.807, 2.05) is 18.2 Å². The Balaban J connectivity index is 1.89. The number of aromatic amines is 1. The Hall–Kier alpha value is -2.83. The van der Waals surface area contributed by atoms with Gasteiger partial charge >= 0.3 is 6.18 Å². The van der Waals surface area contributed by atoms with Crippen LogP contribution in [0, 0.1) is 0 Å². The number of halogens is 3. The molecule has 0 aliphatic rings. The normalized spacial score (nSPS) is 12.3. The van der Waals surface area contributed by atoms with Crippen LogP contribution in [0.4, 0.5) is 13.2 Å². The molecule has 0 unspecified atom stereocenters. The van der Waals surface area contributed by atoms with E-state index in [2.05, 4.69) is 15.1 Å². The zero-order valence-corrected chi connectivity index (χ0v) is 11.1. The number of alkyl halides is 3. The van der Waals surface area contributed by atoms with Gasteiger partial charge in [-0.25, -0.2) is 9.50 Å². The van der Waals surface area contributed by atoms with Crippen molar-refractivity contribution in [3.8, 4) is 11.4 Å². The first-order valence-electron chi connectivity index (χ1n) is 6.52. The fourth-order valence-corrected chi connectivity index (χ4v) is 2.43. The average Bonchev–Trinajstić information content (AvgIpc) is 3.08. The summed E-state index contributed by atoms with van der Waals surface area (Å²) in [4.78, 5) is 7.29. The average molecular weight is 302 g/mol. The number of hydrogen-bond donors (Lipinski definition) is 1. The Morgan fingerprint density at radius 3 is 2.77 bits per heavy atom. The minimum atomic E-state index is -4.37. The number of nitrogens with one attached hydrogen (secondary N) is 1. The first-order valence-corrected chi connectivity index (χ1v) is 6.52. The van der Waals surface area contributed by atoms with Gasteiger partial charge in [0.2, 0.25) is 0 Å². The molecule has 4 rings (SSSR count). The van der Waals surface area contributed by atoms with Gasteiger partial charge in [-0.05, 0) is 30.3 Å². The van der Waals surface area contributed by atoms with Crippen molar-refractivity contribution in [2.45, 2.75) is 6.18 Å². The molecular weight excluding hydrogens is 293 g/mol. The van der Waals surface area contributed by atoms with Crippen LogP contribution in [-0.2, 0) is 6.18 Å². The molecule has 0 aliphatic carbocycles. The summed E-state index contributed by atoms with van der Waals surface area (Å²) in [6.07, 6.45) is -0.940. The van der Waals surface area contributed by atoms with Crippen molar-refractivity contribution in [2.24, 2.45) is 0 Å². The van der Waals surface area contributed by atoms with Crippen molar-refractivity contribution in [2.75, 3.05) is 0 Å². The summed E-state index contributed by atoms with van der Waals surface area (Å²) >= 11 is 0. The number of H-pyrrole nitrogens is 1. The van der Waals surface area contributed by atoms with E-state index in [9.17, 15) is 13.2 Å². The minimum absolute atomic E-state index is 0.347. The highest BCUT2D eigenvalue weighted by Gasteiger charge is 2.30. The largest absolute Gasteiger partial charge is 0.416 e. The van der Waals surface area contributed by atoms with Crippen molar-refractivity contribution < 1.29 is 13.2 Å². The maximum absolute atomic E-state index is 12.8. The summed E-state index contributed by atoms with van der Waals surface area (Å²) in [6, 6.07) is 9.05. The second kappa shape index (κ2) is 4.33. The van der Waals surface area contributed by atoms with E-state index in [1.165, 1.54) is 6.07 Å². The molecule has 0 bridgehead atoms. The third-order valence-electron chi connectivity index (χ3n) is 3.49. The number of rotatable bonds is 1. The molecule has 3 aromatic heterocycles. The van der Waals surface area contributed by atoms with Crippen LogP contribution in [0.2, 0.25) is 0 Å². The predicted molar refractivity (Wildman–Crippen MR) is 75.3 cm³/mol. The molecule has 0 saturated heterocycles. The zero-order valence-electron chi connectivity index (χ0n) is 11.1. The summed E-state index contributed by atoms with van der Waals surface area (Å²) in [7, 11) is 0. The van der Waals surface area contributed by atoms with Crippen LogP contribution in [0.25, 0.3) is 27.9 Å². The minimum Gasteiger partial charge on any atom is -0.338 e. The molecule has 0 amide bonds. The van der Waals surface area contributed by atoms with Gasteiger partial charge in [0.1, 0.15) is 5.82 Å². The highest BCUT2D eigenvalue weighted by atomic mass is 19.4. The van der Waals surface area contributed by atoms with Crippen LogP contribution >= 0.6 is 0 Å². The molecule has 0 fully saturated rings. The fraction of sp³-hybridized carbons (Fsp3) is 0.0667. The number of nitrogens with zero attached hydrogens (tertiary/aromatic N) is 3. The Morgan fingerprint density at radius 1 is 1.09 bits per heavy atom. The maximum atomic E-state index is 12.8. The van der Waals surface area contributed by atoms with Gasteiger partial charge in [0, 0.05) is 6.20 Å². The lowest BCUT2D eigenvalue weighted by atomic mass is 10.2. The molecule has 4 aromatic rings. The third kappa shape index (κ3) is 1.93. The molecule has 22 heavy (non-hydrogen) atoms. The summed E-state index contributed by atoms with van der Waals surface area (Å²) in [5.74, 6) is 0.496. The molecule has 1 N–H and O–H groups in total. The molecule has 0 aliphatic heterocycles. The number of pyridine rings is 1. The van der Waals surface area contributed by atoms with Crippen LogP contribution in [0.1, 0.15) is 5.56 Å². The molecule has 0 saturated carbocycles. The van der Waals surface area contributed by atoms with Crippen LogP contribution in [0.3, 0.4) is 0 Å². The highest BCUT2D eigenvalue weighted by molar-refractivity contribution is 5.84. The smallest absolute Gasteiger partial charge is 0.338 e. The van der Waals surface area contributed by atoms with Crippen LogP contribution in [0.15, 0.2) is 48.8 Å². The van der Waals surface area contributed by atoms with Gasteiger partial charge < -0.3 is 4.98 Å². The van der Waals surface area contributed by atoms with Crippen molar-refractivity contribution >= 4 is 16.6 Å². The highest BCUT2D eigenvalue weighted by Crippen LogP contribution is 2.32. The summed E-state index contributed by atoms with van der Waals surface area (Å²) in [5, 5.41) is 4.20. The second-order valence-electron chi connectivity index (χ2n) is 4.90. The molecule has 110 valence electrons. The van der Waals surface area contributed by atoms with E-state index in [0.717, 1.165) is 23.2 Å². The SMILES string of the molecule is FC(F)(F)c1ccc2nc(-c3cnn4ccccc34)[nH]c2c1. The first-order chi connectivity index (χ1) is 10.5. The fourth-order valence-electron chi connectivity index (χ4n) is 2.43. The van der Waals surface area contributed by atoms with Gasteiger partial charge in [0.25, 0.3) is 0 Å². The van der Waals surface area contributed by atoms with E-state index in [0.29, 0.717) is 16.9 Å². The second-order valence-corrected chi connectivity index (χ2v) is 4.90. The molecular formula is C15H9F3N4. The summed E-state index contributed by atoms with van der Waals surface area (Å²) < 4.78 is 40.0. The van der Waals surface area contributed by atoms with Crippen molar-refractivity contribution in [1.82, 2.24) is 19.6 Å². The van der Waals surface area contributed by atoms with Crippen LogP contribution in [-0.4, -0.2) is 19.6 Å². The lowest BCUT2D eigenvalue weighted by Gasteiger charge is -2.05. The Bertz CT molecular complexity index is 981. The van der Waals surface area contributed by atoms with E-state index >= 15 is 0 Å². The number of aromatic nitrogens is 4. The molecule has 4 nitrogen and oxygen atoms in total. The molecule has 1 aromatic carbocycles. The number of imidazole rings is 1. The van der Waals surface area contributed by atoms with Crippen LogP contribution in [0.5, 0.6) is 0 Å². The lowest BCUT2D eigenvalue weighted by Crippen LogP contribution is -2.04. The standard InChI is InChI=1S/C15H9F3N4/c16-15(17,18)9-4-5-11-12(7-9)21-14(20-11)10-8-19-22-6-2-1-3-13(10)22/h1-8H,(H,20,21). The van der Waals surface area contributed by atoms with Gasteiger partial charge in [0.15, 0.2) is 0 Å². The van der Waals surface area contributed by atoms with E-state index in [1.54, 1.807) is 16.9 Å². The monoisotopic (exact) mass is 302 g/mol. The quantitative estimate of drug-likeness (QED) is 0.579. The lowest BCUT2D eigenvalue weighted by molar-refractivity contribution is -0.137. The van der Waals surface area contributed by atoms with E-state index in [4.69, 9.17) is 0 Å². The van der Waals surface area contributed by atoms with E-state index < -0.39 is 11.7 Å². The third-order valence-corrected chi connectivity index (χ3v) is 3.49. The number of benzene rings is 1. The molecule has 0 spiro atoms.